The highest BCUT2D eigenvalue weighted by atomic mass is 35.7. The molecule has 0 unspecified atom stereocenters. The Morgan fingerprint density at radius 3 is 2.53 bits per heavy atom. The fourth-order valence-electron chi connectivity index (χ4n) is 1.68. The first-order valence-corrected chi connectivity index (χ1v) is 7.36. The van der Waals surface area contributed by atoms with Crippen LogP contribution < -0.4 is 11.1 Å². The summed E-state index contributed by atoms with van der Waals surface area (Å²) in [5.41, 5.74) is 5.36. The minimum absolute atomic E-state index is 0.220. The number of aromatic hydroxyl groups is 1. The molecule has 0 spiro atoms. The molecule has 0 fully saturated rings. The number of phenolic OH excluding ortho intramolecular Hbond substituents is 1. The number of phenols is 1. The number of primary amides is 1. The monoisotopic (exact) mass is 300 g/mol. The first-order chi connectivity index (χ1) is 8.77. The molecule has 0 heterocycles. The van der Waals surface area contributed by atoms with Gasteiger partial charge >= 0.3 is 6.03 Å². The summed E-state index contributed by atoms with van der Waals surface area (Å²) < 4.78 is 22.5. The lowest BCUT2D eigenvalue weighted by Gasteiger charge is -2.07. The largest absolute Gasteiger partial charge is 0.507 e. The molecule has 0 bridgehead atoms. The van der Waals surface area contributed by atoms with Crippen LogP contribution in [0.4, 0.5) is 10.5 Å². The van der Waals surface area contributed by atoms with Gasteiger partial charge in [0.05, 0.1) is 4.90 Å². The smallest absolute Gasteiger partial charge is 0.316 e. The summed E-state index contributed by atoms with van der Waals surface area (Å²) in [4.78, 5) is 10.5. The Morgan fingerprint density at radius 2 is 1.95 bits per heavy atom. The molecule has 2 amide bonds. The van der Waals surface area contributed by atoms with Gasteiger partial charge in [0.15, 0.2) is 0 Å². The zero-order valence-corrected chi connectivity index (χ0v) is 11.0. The van der Waals surface area contributed by atoms with E-state index in [4.69, 9.17) is 16.4 Å². The molecule has 0 aliphatic rings. The minimum Gasteiger partial charge on any atom is -0.507 e. The number of fused-ring (bicyclic) bond motifs is 1. The molecular formula is C11H9ClN2O4S. The van der Waals surface area contributed by atoms with E-state index in [0.29, 0.717) is 16.5 Å². The van der Waals surface area contributed by atoms with Crippen molar-refractivity contribution in [1.29, 1.82) is 0 Å². The van der Waals surface area contributed by atoms with Gasteiger partial charge in [0.25, 0.3) is 9.05 Å². The van der Waals surface area contributed by atoms with Crippen LogP contribution in [-0.4, -0.2) is 19.6 Å². The van der Waals surface area contributed by atoms with Crippen molar-refractivity contribution in [2.45, 2.75) is 4.90 Å². The van der Waals surface area contributed by atoms with Gasteiger partial charge in [0.1, 0.15) is 5.75 Å². The van der Waals surface area contributed by atoms with Gasteiger partial charge in [-0.3, -0.25) is 0 Å². The molecule has 19 heavy (non-hydrogen) atoms. The zero-order chi connectivity index (χ0) is 14.2. The number of hydrogen-bond donors (Lipinski definition) is 3. The summed E-state index contributed by atoms with van der Waals surface area (Å²) in [6, 6.07) is 6.15. The van der Waals surface area contributed by atoms with Crippen LogP contribution in [0.3, 0.4) is 0 Å². The van der Waals surface area contributed by atoms with E-state index in [1.807, 2.05) is 0 Å². The van der Waals surface area contributed by atoms with Crippen molar-refractivity contribution < 1.29 is 18.3 Å². The van der Waals surface area contributed by atoms with E-state index in [1.165, 1.54) is 24.3 Å². The Morgan fingerprint density at radius 1 is 1.26 bits per heavy atom. The second-order valence-electron chi connectivity index (χ2n) is 3.81. The third kappa shape index (κ3) is 2.88. The molecule has 0 atom stereocenters. The number of amides is 2. The van der Waals surface area contributed by atoms with Crippen molar-refractivity contribution in [3.05, 3.63) is 30.3 Å². The van der Waals surface area contributed by atoms with Gasteiger partial charge in [-0.25, -0.2) is 13.2 Å². The Bertz CT molecular complexity index is 774. The standard InChI is InChI=1S/C11H9ClN2O4S/c12-19(17,18)8-4-6-3-7(14-11(13)16)1-2-9(6)10(15)5-8/h1-5,15H,(H3,13,14,16). The van der Waals surface area contributed by atoms with Crippen LogP contribution in [0.5, 0.6) is 5.75 Å². The van der Waals surface area contributed by atoms with E-state index in [-0.39, 0.29) is 10.6 Å². The molecule has 0 aliphatic carbocycles. The highest BCUT2D eigenvalue weighted by Crippen LogP contribution is 2.31. The lowest BCUT2D eigenvalue weighted by atomic mass is 10.1. The molecule has 4 N–H and O–H groups in total. The lowest BCUT2D eigenvalue weighted by Crippen LogP contribution is -2.19. The fourth-order valence-corrected chi connectivity index (χ4v) is 2.47. The van der Waals surface area contributed by atoms with Gasteiger partial charge in [0.2, 0.25) is 0 Å². The maximum Gasteiger partial charge on any atom is 0.316 e. The summed E-state index contributed by atoms with van der Waals surface area (Å²) in [5.74, 6) is -0.220. The highest BCUT2D eigenvalue weighted by molar-refractivity contribution is 8.13. The van der Waals surface area contributed by atoms with Crippen molar-refractivity contribution in [3.8, 4) is 5.75 Å². The predicted molar refractivity (Wildman–Crippen MR) is 71.9 cm³/mol. The fraction of sp³-hybridized carbons (Fsp3) is 0. The summed E-state index contributed by atoms with van der Waals surface area (Å²) >= 11 is 0. The SMILES string of the molecule is NC(=O)Nc1ccc2c(O)cc(S(=O)(=O)Cl)cc2c1. The summed E-state index contributed by atoms with van der Waals surface area (Å²) in [5, 5.41) is 12.9. The van der Waals surface area contributed by atoms with E-state index in [9.17, 15) is 18.3 Å². The van der Waals surface area contributed by atoms with E-state index in [0.717, 1.165) is 6.07 Å². The number of carbonyl (C=O) groups excluding carboxylic acids is 1. The second kappa shape index (κ2) is 4.60. The molecule has 6 nitrogen and oxygen atoms in total. The van der Waals surface area contributed by atoms with Gasteiger partial charge in [-0.2, -0.15) is 0 Å². The summed E-state index contributed by atoms with van der Waals surface area (Å²) in [7, 11) is 1.27. The number of anilines is 1. The molecule has 0 saturated carbocycles. The number of hydrogen-bond acceptors (Lipinski definition) is 4. The Kier molecular flexibility index (Phi) is 3.25. The molecule has 2 rings (SSSR count). The number of halogens is 1. The maximum absolute atomic E-state index is 11.3. The van der Waals surface area contributed by atoms with Crippen molar-refractivity contribution in [1.82, 2.24) is 0 Å². The third-order valence-electron chi connectivity index (χ3n) is 2.45. The van der Waals surface area contributed by atoms with Crippen LogP contribution in [0.2, 0.25) is 0 Å². The Balaban J connectivity index is 2.66. The number of benzene rings is 2. The molecule has 8 heteroatoms. The first kappa shape index (κ1) is 13.4. The van der Waals surface area contributed by atoms with Gasteiger partial charge < -0.3 is 16.2 Å². The van der Waals surface area contributed by atoms with Crippen LogP contribution in [-0.2, 0) is 9.05 Å². The number of nitrogens with one attached hydrogen (secondary N) is 1. The Hall–Kier alpha value is -1.99. The molecule has 0 radical (unpaired) electrons. The number of nitrogens with two attached hydrogens (primary N) is 1. The molecular weight excluding hydrogens is 292 g/mol. The van der Waals surface area contributed by atoms with Crippen LogP contribution in [0.25, 0.3) is 10.8 Å². The van der Waals surface area contributed by atoms with Crippen LogP contribution >= 0.6 is 10.7 Å². The van der Waals surface area contributed by atoms with Crippen LogP contribution in [0, 0.1) is 0 Å². The quantitative estimate of drug-likeness (QED) is 0.736. The van der Waals surface area contributed by atoms with Crippen LogP contribution in [0.1, 0.15) is 0 Å². The van der Waals surface area contributed by atoms with Crippen molar-refractivity contribution in [2.75, 3.05) is 5.32 Å². The van der Waals surface area contributed by atoms with Gasteiger partial charge in [-0.1, -0.05) is 0 Å². The van der Waals surface area contributed by atoms with Gasteiger partial charge in [-0.15, -0.1) is 0 Å². The van der Waals surface area contributed by atoms with Crippen LogP contribution in [0.15, 0.2) is 35.2 Å². The summed E-state index contributed by atoms with van der Waals surface area (Å²) in [6.07, 6.45) is 0. The minimum atomic E-state index is -3.95. The highest BCUT2D eigenvalue weighted by Gasteiger charge is 2.13. The third-order valence-corrected chi connectivity index (χ3v) is 3.79. The maximum atomic E-state index is 11.3. The molecule has 0 aliphatic heterocycles. The molecule has 2 aromatic rings. The molecule has 2 aromatic carbocycles. The van der Waals surface area contributed by atoms with Crippen molar-refractivity contribution >= 4 is 42.2 Å². The normalized spacial score (nSPS) is 11.4. The summed E-state index contributed by atoms with van der Waals surface area (Å²) in [6.45, 7) is 0. The van der Waals surface area contributed by atoms with Gasteiger partial charge in [0, 0.05) is 27.8 Å². The van der Waals surface area contributed by atoms with E-state index in [2.05, 4.69) is 5.32 Å². The predicted octanol–water partition coefficient (Wildman–Crippen LogP) is 1.96. The second-order valence-corrected chi connectivity index (χ2v) is 6.37. The molecule has 0 aromatic heterocycles. The average Bonchev–Trinajstić information content (AvgIpc) is 2.26. The Labute approximate surface area is 113 Å². The van der Waals surface area contributed by atoms with E-state index >= 15 is 0 Å². The van der Waals surface area contributed by atoms with Gasteiger partial charge in [-0.05, 0) is 29.7 Å². The topological polar surface area (TPSA) is 109 Å². The van der Waals surface area contributed by atoms with E-state index in [1.54, 1.807) is 0 Å². The molecule has 100 valence electrons. The zero-order valence-electron chi connectivity index (χ0n) is 9.42. The van der Waals surface area contributed by atoms with Crippen molar-refractivity contribution in [3.63, 3.8) is 0 Å². The van der Waals surface area contributed by atoms with Crippen molar-refractivity contribution in [2.24, 2.45) is 5.73 Å². The number of rotatable bonds is 2. The average molecular weight is 301 g/mol. The molecule has 0 saturated heterocycles. The number of urea groups is 1. The first-order valence-electron chi connectivity index (χ1n) is 5.05. The lowest BCUT2D eigenvalue weighted by molar-refractivity contribution is 0.259. The van der Waals surface area contributed by atoms with E-state index < -0.39 is 15.1 Å². The number of carbonyl (C=O) groups is 1.